The predicted molar refractivity (Wildman–Crippen MR) is 114 cm³/mol. The van der Waals surface area contributed by atoms with Crippen molar-refractivity contribution in [3.8, 4) is 0 Å². The van der Waals surface area contributed by atoms with Crippen LogP contribution in [0.25, 0.3) is 0 Å². The van der Waals surface area contributed by atoms with E-state index in [1.807, 2.05) is 0 Å². The first-order chi connectivity index (χ1) is 14.9. The topological polar surface area (TPSA) is 81.8 Å². The molecule has 2 fully saturated rings. The zero-order chi connectivity index (χ0) is 22.0. The molecule has 4 rings (SSSR count). The maximum absolute atomic E-state index is 13.2. The van der Waals surface area contributed by atoms with Crippen molar-refractivity contribution in [2.75, 3.05) is 18.4 Å². The molecule has 7 nitrogen and oxygen atoms in total. The number of halogens is 2. The lowest BCUT2D eigenvalue weighted by atomic mass is 9.91. The summed E-state index contributed by atoms with van der Waals surface area (Å²) >= 11 is 5.93. The van der Waals surface area contributed by atoms with Crippen molar-refractivity contribution in [3.05, 3.63) is 64.9 Å². The van der Waals surface area contributed by atoms with Gasteiger partial charge in [-0.25, -0.2) is 9.18 Å². The molecule has 2 saturated heterocycles. The number of carbonyl (C=O) groups is 3. The van der Waals surface area contributed by atoms with Gasteiger partial charge in [0.25, 0.3) is 0 Å². The van der Waals surface area contributed by atoms with E-state index in [0.717, 1.165) is 12.0 Å². The number of nitrogens with one attached hydrogen (secondary N) is 2. The Balaban J connectivity index is 1.53. The lowest BCUT2D eigenvalue weighted by molar-refractivity contribution is -0.143. The summed E-state index contributed by atoms with van der Waals surface area (Å²) in [7, 11) is 0. The highest BCUT2D eigenvalue weighted by atomic mass is 35.5. The van der Waals surface area contributed by atoms with Gasteiger partial charge in [0, 0.05) is 10.7 Å². The van der Waals surface area contributed by atoms with Crippen molar-refractivity contribution >= 4 is 35.1 Å². The van der Waals surface area contributed by atoms with Crippen molar-refractivity contribution in [2.24, 2.45) is 5.92 Å². The summed E-state index contributed by atoms with van der Waals surface area (Å²) in [6.07, 6.45) is 0.914. The maximum atomic E-state index is 13.2. The van der Waals surface area contributed by atoms with Crippen molar-refractivity contribution in [2.45, 2.75) is 25.6 Å². The van der Waals surface area contributed by atoms with Crippen molar-refractivity contribution < 1.29 is 18.8 Å². The Morgan fingerprint density at radius 3 is 2.55 bits per heavy atom. The van der Waals surface area contributed by atoms with Gasteiger partial charge in [0.1, 0.15) is 12.4 Å². The molecule has 9 heteroatoms. The van der Waals surface area contributed by atoms with Gasteiger partial charge in [0.05, 0.1) is 18.6 Å². The molecule has 2 unspecified atom stereocenters. The number of imide groups is 1. The second-order valence-electron chi connectivity index (χ2n) is 7.66. The Morgan fingerprint density at radius 1 is 1.13 bits per heavy atom. The molecule has 0 aromatic heterocycles. The van der Waals surface area contributed by atoms with Crippen LogP contribution in [0, 0.1) is 11.7 Å². The molecule has 162 valence electrons. The van der Waals surface area contributed by atoms with Gasteiger partial charge >= 0.3 is 6.03 Å². The molecular weight excluding hydrogens is 423 g/mol. The number of anilines is 1. The Hall–Kier alpha value is -2.97. The molecular formula is C22H22ClFN4O3. The number of piperidine rings is 1. The smallest absolute Gasteiger partial charge is 0.325 e. The highest BCUT2D eigenvalue weighted by molar-refractivity contribution is 6.30. The van der Waals surface area contributed by atoms with E-state index in [2.05, 4.69) is 10.6 Å². The van der Waals surface area contributed by atoms with Gasteiger partial charge in [0.15, 0.2) is 0 Å². The van der Waals surface area contributed by atoms with Crippen molar-refractivity contribution in [1.29, 1.82) is 0 Å². The van der Waals surface area contributed by atoms with E-state index in [1.54, 1.807) is 24.3 Å². The predicted octanol–water partition coefficient (Wildman–Crippen LogP) is 3.21. The average Bonchev–Trinajstić information content (AvgIpc) is 2.77. The molecule has 0 saturated carbocycles. The minimum absolute atomic E-state index is 0.105. The summed E-state index contributed by atoms with van der Waals surface area (Å²) < 4.78 is 13.1. The summed E-state index contributed by atoms with van der Waals surface area (Å²) in [6, 6.07) is 11.8. The maximum Gasteiger partial charge on any atom is 0.328 e. The Bertz CT molecular complexity index is 983. The molecule has 0 spiro atoms. The summed E-state index contributed by atoms with van der Waals surface area (Å²) in [5, 5.41) is 6.45. The number of rotatable bonds is 5. The van der Waals surface area contributed by atoms with Crippen LogP contribution in [-0.4, -0.2) is 46.9 Å². The molecule has 0 aliphatic carbocycles. The van der Waals surface area contributed by atoms with Crippen LogP contribution in [0.3, 0.4) is 0 Å². The average molecular weight is 445 g/mol. The molecule has 2 aromatic carbocycles. The first kappa shape index (κ1) is 21.3. The summed E-state index contributed by atoms with van der Waals surface area (Å²) in [6.45, 7) is 0.540. The first-order valence-corrected chi connectivity index (χ1v) is 10.5. The second-order valence-corrected chi connectivity index (χ2v) is 8.10. The molecule has 0 bridgehead atoms. The molecule has 2 aliphatic heterocycles. The third-order valence-electron chi connectivity index (χ3n) is 5.52. The molecule has 2 aromatic rings. The fraction of sp³-hybridized carbons (Fsp3) is 0.318. The quantitative estimate of drug-likeness (QED) is 0.742. The molecule has 2 atom stereocenters. The van der Waals surface area contributed by atoms with E-state index >= 15 is 0 Å². The van der Waals surface area contributed by atoms with Crippen LogP contribution in [0.1, 0.15) is 18.4 Å². The highest BCUT2D eigenvalue weighted by Gasteiger charge is 2.47. The van der Waals surface area contributed by atoms with E-state index in [1.165, 1.54) is 34.1 Å². The number of amides is 4. The molecule has 2 aliphatic rings. The van der Waals surface area contributed by atoms with Gasteiger partial charge in [-0.3, -0.25) is 24.7 Å². The lowest BCUT2D eigenvalue weighted by Crippen LogP contribution is -2.68. The molecule has 0 radical (unpaired) electrons. The standard InChI is InChI=1S/C22H22ClFN4O3/c23-15-5-3-14(4-6-15)12-28-21(30)18-2-1-11-25-20(18)27(22(28)31)13-19(29)26-17-9-7-16(24)8-10-17/h3-10,18,20,25H,1-2,11-13H2,(H,26,29). The minimum atomic E-state index is -0.533. The van der Waals surface area contributed by atoms with Crippen LogP contribution in [0.15, 0.2) is 48.5 Å². The highest BCUT2D eigenvalue weighted by Crippen LogP contribution is 2.29. The van der Waals surface area contributed by atoms with Crippen LogP contribution in [0.4, 0.5) is 14.9 Å². The third-order valence-corrected chi connectivity index (χ3v) is 5.77. The third kappa shape index (κ3) is 4.70. The van der Waals surface area contributed by atoms with Gasteiger partial charge in [0.2, 0.25) is 11.8 Å². The first-order valence-electron chi connectivity index (χ1n) is 10.1. The van der Waals surface area contributed by atoms with E-state index in [0.29, 0.717) is 23.7 Å². The van der Waals surface area contributed by atoms with E-state index < -0.39 is 29.8 Å². The number of fused-ring (bicyclic) bond motifs is 1. The Morgan fingerprint density at radius 2 is 1.84 bits per heavy atom. The van der Waals surface area contributed by atoms with Crippen molar-refractivity contribution in [1.82, 2.24) is 15.1 Å². The van der Waals surface area contributed by atoms with E-state index in [-0.39, 0.29) is 19.0 Å². The van der Waals surface area contributed by atoms with Gasteiger partial charge in [-0.05, 0) is 61.3 Å². The van der Waals surface area contributed by atoms with Crippen LogP contribution in [0.2, 0.25) is 5.02 Å². The van der Waals surface area contributed by atoms with Crippen LogP contribution < -0.4 is 10.6 Å². The number of nitrogens with zero attached hydrogens (tertiary/aromatic N) is 2. The fourth-order valence-corrected chi connectivity index (χ4v) is 4.12. The van der Waals surface area contributed by atoms with E-state index in [9.17, 15) is 18.8 Å². The Kier molecular flexibility index (Phi) is 6.20. The number of hydrogen-bond acceptors (Lipinski definition) is 4. The SMILES string of the molecule is O=C(CN1C(=O)N(Cc2ccc(Cl)cc2)C(=O)C2CCCNC21)Nc1ccc(F)cc1. The van der Waals surface area contributed by atoms with Gasteiger partial charge < -0.3 is 5.32 Å². The molecule has 4 amide bonds. The monoisotopic (exact) mass is 444 g/mol. The zero-order valence-electron chi connectivity index (χ0n) is 16.7. The molecule has 2 heterocycles. The molecule has 2 N–H and O–H groups in total. The number of hydrogen-bond donors (Lipinski definition) is 2. The number of carbonyl (C=O) groups excluding carboxylic acids is 3. The largest absolute Gasteiger partial charge is 0.328 e. The Labute approximate surface area is 184 Å². The summed E-state index contributed by atoms with van der Waals surface area (Å²) in [4.78, 5) is 41.5. The van der Waals surface area contributed by atoms with Crippen LogP contribution in [0.5, 0.6) is 0 Å². The summed E-state index contributed by atoms with van der Waals surface area (Å²) in [5.41, 5.74) is 1.20. The minimum Gasteiger partial charge on any atom is -0.325 e. The molecule has 31 heavy (non-hydrogen) atoms. The van der Waals surface area contributed by atoms with Gasteiger partial charge in [-0.2, -0.15) is 0 Å². The van der Waals surface area contributed by atoms with Gasteiger partial charge in [-0.15, -0.1) is 0 Å². The van der Waals surface area contributed by atoms with Crippen molar-refractivity contribution in [3.63, 3.8) is 0 Å². The number of benzene rings is 2. The number of urea groups is 1. The second kappa shape index (κ2) is 9.03. The normalized spacial score (nSPS) is 21.1. The van der Waals surface area contributed by atoms with Gasteiger partial charge in [-0.1, -0.05) is 23.7 Å². The summed E-state index contributed by atoms with van der Waals surface area (Å²) in [5.74, 6) is -1.49. The fourth-order valence-electron chi connectivity index (χ4n) is 4.00. The van der Waals surface area contributed by atoms with E-state index in [4.69, 9.17) is 11.6 Å². The lowest BCUT2D eigenvalue weighted by Gasteiger charge is -2.46. The van der Waals surface area contributed by atoms with Crippen LogP contribution in [-0.2, 0) is 16.1 Å². The zero-order valence-corrected chi connectivity index (χ0v) is 17.4. The van der Waals surface area contributed by atoms with Crippen LogP contribution >= 0.6 is 11.6 Å².